The number of carboxylic acid groups (broad SMARTS) is 2. The molecule has 2 fully saturated rings. The lowest BCUT2D eigenvalue weighted by molar-refractivity contribution is -0.138. The van der Waals surface area contributed by atoms with Gasteiger partial charge in [-0.25, -0.2) is 29.2 Å². The van der Waals surface area contributed by atoms with Crippen LogP contribution in [0.5, 0.6) is 0 Å². The number of nitrogens with zero attached hydrogens (tertiary/aromatic N) is 2. The molecule has 4 atom stereocenters. The van der Waals surface area contributed by atoms with Crippen molar-refractivity contribution in [3.63, 3.8) is 0 Å². The summed E-state index contributed by atoms with van der Waals surface area (Å²) in [6.07, 6.45) is 6.86. The molecule has 2 saturated carbocycles. The van der Waals surface area contributed by atoms with Crippen LogP contribution in [-0.4, -0.2) is 47.4 Å². The second-order valence-electron chi connectivity index (χ2n) is 6.85. The van der Waals surface area contributed by atoms with Gasteiger partial charge in [0.2, 0.25) is 12.2 Å². The molecule has 0 aromatic heterocycles. The third kappa shape index (κ3) is 4.34. The molecule has 0 amide bonds. The van der Waals surface area contributed by atoms with Gasteiger partial charge in [0, 0.05) is 0 Å². The first-order chi connectivity index (χ1) is 12.5. The Morgan fingerprint density at radius 2 is 1.15 bits per heavy atom. The zero-order chi connectivity index (χ0) is 19.1. The van der Waals surface area contributed by atoms with E-state index in [1.807, 2.05) is 0 Å². The number of rotatable bonds is 10. The van der Waals surface area contributed by atoms with Crippen LogP contribution in [0, 0.1) is 23.7 Å². The lowest BCUT2D eigenvalue weighted by atomic mass is 9.62. The Bertz CT molecular complexity index is 630. The summed E-state index contributed by atoms with van der Waals surface area (Å²) in [5, 5.41) is 19.4. The molecule has 4 unspecified atom stereocenters. The van der Waals surface area contributed by atoms with Crippen molar-refractivity contribution in [2.75, 3.05) is 13.1 Å². The van der Waals surface area contributed by atoms with Crippen LogP contribution in [-0.2, 0) is 19.2 Å². The highest BCUT2D eigenvalue weighted by Crippen LogP contribution is 2.48. The Balaban J connectivity index is 2.24. The first kappa shape index (κ1) is 19.8. The molecule has 2 aliphatic carbocycles. The van der Waals surface area contributed by atoms with E-state index in [0.29, 0.717) is 25.7 Å². The normalized spacial score (nSPS) is 27.7. The van der Waals surface area contributed by atoms with Crippen molar-refractivity contribution in [3.8, 4) is 0 Å². The Morgan fingerprint density at radius 1 is 0.769 bits per heavy atom. The van der Waals surface area contributed by atoms with Crippen LogP contribution >= 0.6 is 0 Å². The van der Waals surface area contributed by atoms with Crippen molar-refractivity contribution >= 4 is 24.1 Å². The van der Waals surface area contributed by atoms with Crippen LogP contribution in [0.25, 0.3) is 0 Å². The van der Waals surface area contributed by atoms with Gasteiger partial charge in [0.25, 0.3) is 0 Å². The average Bonchev–Trinajstić information content (AvgIpc) is 2.55. The quantitative estimate of drug-likeness (QED) is 0.347. The van der Waals surface area contributed by atoms with Crippen LogP contribution in [0.4, 0.5) is 0 Å². The summed E-state index contributed by atoms with van der Waals surface area (Å²) in [6.45, 7) is 0.547. The fourth-order valence-corrected chi connectivity index (χ4v) is 4.09. The van der Waals surface area contributed by atoms with E-state index in [9.17, 15) is 29.4 Å². The topological polar surface area (TPSA) is 133 Å². The summed E-state index contributed by atoms with van der Waals surface area (Å²) in [5.74, 6) is -2.99. The zero-order valence-corrected chi connectivity index (χ0v) is 14.4. The van der Waals surface area contributed by atoms with Gasteiger partial charge in [0.05, 0.1) is 24.2 Å². The molecule has 0 aromatic carbocycles. The SMILES string of the molecule is O=C=NCCC1CCC1/C(C(=O)O)=C(\C(=O)O)C1CCC1CCN=C=O. The van der Waals surface area contributed by atoms with Crippen LogP contribution < -0.4 is 0 Å². The van der Waals surface area contributed by atoms with Crippen molar-refractivity contribution in [2.45, 2.75) is 38.5 Å². The summed E-state index contributed by atoms with van der Waals surface area (Å²) in [4.78, 5) is 51.2. The Morgan fingerprint density at radius 3 is 1.38 bits per heavy atom. The molecule has 0 aromatic rings. The molecule has 0 spiro atoms. The maximum Gasteiger partial charge on any atom is 0.332 e. The van der Waals surface area contributed by atoms with Crippen LogP contribution in [0.3, 0.4) is 0 Å². The fraction of sp³-hybridized carbons (Fsp3) is 0.667. The summed E-state index contributed by atoms with van der Waals surface area (Å²) >= 11 is 0. The largest absolute Gasteiger partial charge is 0.478 e. The molecular formula is C18H22N2O6. The minimum absolute atomic E-state index is 0.00239. The lowest BCUT2D eigenvalue weighted by Crippen LogP contribution is -2.38. The molecule has 0 saturated heterocycles. The van der Waals surface area contributed by atoms with Crippen LogP contribution in [0.2, 0.25) is 0 Å². The number of isocyanates is 2. The summed E-state index contributed by atoms with van der Waals surface area (Å²) in [5.41, 5.74) is -0.00478. The monoisotopic (exact) mass is 362 g/mol. The van der Waals surface area contributed by atoms with E-state index in [2.05, 4.69) is 9.98 Å². The van der Waals surface area contributed by atoms with Gasteiger partial charge in [-0.1, -0.05) is 0 Å². The van der Waals surface area contributed by atoms with Gasteiger partial charge in [-0.2, -0.15) is 0 Å². The lowest BCUT2D eigenvalue weighted by Gasteiger charge is -2.42. The number of hydrogen-bond acceptors (Lipinski definition) is 6. The van der Waals surface area contributed by atoms with Gasteiger partial charge in [0.15, 0.2) is 0 Å². The molecule has 0 radical (unpaired) electrons. The highest BCUT2D eigenvalue weighted by atomic mass is 16.4. The molecule has 0 aliphatic heterocycles. The maximum atomic E-state index is 11.9. The number of carbonyl (C=O) groups excluding carboxylic acids is 2. The second-order valence-corrected chi connectivity index (χ2v) is 6.85. The van der Waals surface area contributed by atoms with Crippen molar-refractivity contribution in [2.24, 2.45) is 33.7 Å². The molecular weight excluding hydrogens is 340 g/mol. The Kier molecular flexibility index (Phi) is 7.01. The molecule has 8 nitrogen and oxygen atoms in total. The Labute approximate surface area is 150 Å². The fourth-order valence-electron chi connectivity index (χ4n) is 4.09. The van der Waals surface area contributed by atoms with Crippen molar-refractivity contribution in [3.05, 3.63) is 11.1 Å². The van der Waals surface area contributed by atoms with Gasteiger partial charge < -0.3 is 10.2 Å². The van der Waals surface area contributed by atoms with Gasteiger partial charge in [-0.3, -0.25) is 0 Å². The highest BCUT2D eigenvalue weighted by Gasteiger charge is 2.44. The molecule has 2 aliphatic rings. The molecule has 2 N–H and O–H groups in total. The zero-order valence-electron chi connectivity index (χ0n) is 14.4. The van der Waals surface area contributed by atoms with E-state index in [1.54, 1.807) is 0 Å². The predicted molar refractivity (Wildman–Crippen MR) is 89.9 cm³/mol. The van der Waals surface area contributed by atoms with Crippen molar-refractivity contribution in [1.29, 1.82) is 0 Å². The minimum atomic E-state index is -1.19. The smallest absolute Gasteiger partial charge is 0.332 e. The van der Waals surface area contributed by atoms with Gasteiger partial charge in [-0.05, 0) is 62.2 Å². The molecule has 8 heteroatoms. The predicted octanol–water partition coefficient (Wildman–Crippen LogP) is 1.96. The number of aliphatic carboxylic acids is 2. The van der Waals surface area contributed by atoms with Gasteiger partial charge in [0.1, 0.15) is 0 Å². The average molecular weight is 362 g/mol. The van der Waals surface area contributed by atoms with Crippen molar-refractivity contribution < 1.29 is 29.4 Å². The molecule has 26 heavy (non-hydrogen) atoms. The van der Waals surface area contributed by atoms with E-state index in [-0.39, 0.29) is 47.9 Å². The summed E-state index contributed by atoms with van der Waals surface area (Å²) in [7, 11) is 0. The number of aliphatic imine (C=N–C) groups is 2. The van der Waals surface area contributed by atoms with Crippen LogP contribution in [0.1, 0.15) is 38.5 Å². The molecule has 0 heterocycles. The first-order valence-corrected chi connectivity index (χ1v) is 8.79. The molecule has 2 rings (SSSR count). The summed E-state index contributed by atoms with van der Waals surface area (Å²) in [6, 6.07) is 0. The third-order valence-corrected chi connectivity index (χ3v) is 5.68. The Hall–Kier alpha value is -2.56. The van der Waals surface area contributed by atoms with E-state index in [0.717, 1.165) is 12.8 Å². The van der Waals surface area contributed by atoms with Gasteiger partial charge in [-0.15, -0.1) is 0 Å². The standard InChI is InChI=1S/C18H22N2O6/c21-9-19-7-5-11-1-3-13(11)15(17(23)24)16(18(25)26)14-4-2-12(14)6-8-20-10-22/h11-14H,1-8H2,(H,23,24)(H,25,26)/b16-15+. The summed E-state index contributed by atoms with van der Waals surface area (Å²) < 4.78 is 0. The van der Waals surface area contributed by atoms with E-state index in [1.165, 1.54) is 12.2 Å². The molecule has 0 bridgehead atoms. The van der Waals surface area contributed by atoms with Crippen LogP contribution in [0.15, 0.2) is 21.1 Å². The van der Waals surface area contributed by atoms with E-state index in [4.69, 9.17) is 0 Å². The number of hydrogen-bond donors (Lipinski definition) is 2. The minimum Gasteiger partial charge on any atom is -0.478 e. The highest BCUT2D eigenvalue weighted by molar-refractivity contribution is 5.99. The van der Waals surface area contributed by atoms with E-state index >= 15 is 0 Å². The van der Waals surface area contributed by atoms with E-state index < -0.39 is 11.9 Å². The van der Waals surface area contributed by atoms with Gasteiger partial charge >= 0.3 is 11.9 Å². The first-order valence-electron chi connectivity index (χ1n) is 8.79. The number of carboxylic acids is 2. The van der Waals surface area contributed by atoms with Crippen molar-refractivity contribution in [1.82, 2.24) is 0 Å². The maximum absolute atomic E-state index is 11.9. The number of carbonyl (C=O) groups is 2. The third-order valence-electron chi connectivity index (χ3n) is 5.68. The second kappa shape index (κ2) is 9.22. The molecule has 140 valence electrons.